The van der Waals surface area contributed by atoms with Crippen molar-refractivity contribution in [1.29, 1.82) is 5.26 Å². The number of nitrogens with zero attached hydrogens (tertiary/aromatic N) is 1. The minimum absolute atomic E-state index is 0.0512. The second-order valence-corrected chi connectivity index (χ2v) is 5.25. The van der Waals surface area contributed by atoms with Crippen molar-refractivity contribution in [1.82, 2.24) is 0 Å². The molecule has 0 bridgehead atoms. The van der Waals surface area contributed by atoms with Crippen LogP contribution in [-0.4, -0.2) is 5.91 Å². The molecule has 0 aliphatic carbocycles. The normalized spacial score (nSPS) is 9.95. The van der Waals surface area contributed by atoms with Crippen molar-refractivity contribution >= 4 is 23.2 Å². The van der Waals surface area contributed by atoms with E-state index in [4.69, 9.17) is 16.9 Å². The first-order valence-electron chi connectivity index (χ1n) is 6.63. The smallest absolute Gasteiger partial charge is 0.224 e. The van der Waals surface area contributed by atoms with Crippen molar-refractivity contribution in [3.63, 3.8) is 0 Å². The maximum atomic E-state index is 12.0. The number of halogens is 1. The number of carbonyl (C=O) groups excluding carboxylic acids is 1. The van der Waals surface area contributed by atoms with Crippen LogP contribution in [0.15, 0.2) is 42.5 Å². The van der Waals surface area contributed by atoms with Gasteiger partial charge in [-0.3, -0.25) is 4.79 Å². The second-order valence-electron chi connectivity index (χ2n) is 4.82. The molecule has 2 aromatic rings. The van der Waals surface area contributed by atoms with Gasteiger partial charge < -0.3 is 5.32 Å². The monoisotopic (exact) mass is 298 g/mol. The third kappa shape index (κ3) is 4.34. The Hall–Kier alpha value is -2.31. The van der Waals surface area contributed by atoms with E-state index >= 15 is 0 Å². The Balaban J connectivity index is 1.92. The number of nitrogens with one attached hydrogen (secondary N) is 1. The maximum absolute atomic E-state index is 12.0. The first-order valence-corrected chi connectivity index (χ1v) is 7.01. The van der Waals surface area contributed by atoms with Gasteiger partial charge in [0.05, 0.1) is 11.6 Å². The van der Waals surface area contributed by atoms with Crippen LogP contribution in [0.5, 0.6) is 0 Å². The Morgan fingerprint density at radius 3 is 2.62 bits per heavy atom. The van der Waals surface area contributed by atoms with Gasteiger partial charge in [0.15, 0.2) is 0 Å². The molecule has 1 amide bonds. The number of carbonyl (C=O) groups is 1. The first-order chi connectivity index (χ1) is 10.1. The van der Waals surface area contributed by atoms with Gasteiger partial charge in [0.25, 0.3) is 0 Å². The van der Waals surface area contributed by atoms with E-state index in [1.165, 1.54) is 0 Å². The predicted molar refractivity (Wildman–Crippen MR) is 84.3 cm³/mol. The molecule has 0 heterocycles. The Morgan fingerprint density at radius 1 is 1.24 bits per heavy atom. The Labute approximate surface area is 129 Å². The minimum atomic E-state index is -0.0512. The maximum Gasteiger partial charge on any atom is 0.224 e. The lowest BCUT2D eigenvalue weighted by molar-refractivity contribution is -0.116. The summed E-state index contributed by atoms with van der Waals surface area (Å²) in [5, 5.41) is 12.2. The zero-order valence-corrected chi connectivity index (χ0v) is 12.4. The molecule has 0 aliphatic heterocycles. The van der Waals surface area contributed by atoms with E-state index in [2.05, 4.69) is 11.4 Å². The first kappa shape index (κ1) is 15.1. The van der Waals surface area contributed by atoms with Gasteiger partial charge in [0, 0.05) is 17.1 Å². The number of hydrogen-bond acceptors (Lipinski definition) is 2. The molecule has 2 rings (SSSR count). The van der Waals surface area contributed by atoms with E-state index < -0.39 is 0 Å². The highest BCUT2D eigenvalue weighted by Crippen LogP contribution is 2.20. The summed E-state index contributed by atoms with van der Waals surface area (Å²) in [6.07, 6.45) is 1.02. The van der Waals surface area contributed by atoms with Gasteiger partial charge in [0.1, 0.15) is 0 Å². The number of nitriles is 1. The molecule has 0 fully saturated rings. The molecular formula is C17H15ClN2O. The molecule has 0 unspecified atom stereocenters. The van der Waals surface area contributed by atoms with E-state index in [9.17, 15) is 4.79 Å². The summed E-state index contributed by atoms with van der Waals surface area (Å²) in [6, 6.07) is 14.7. The van der Waals surface area contributed by atoms with Crippen LogP contribution < -0.4 is 5.32 Å². The predicted octanol–water partition coefficient (Wildman–Crippen LogP) is 4.09. The van der Waals surface area contributed by atoms with Crippen LogP contribution >= 0.6 is 11.6 Å². The number of amides is 1. The fraction of sp³-hybridized carbons (Fsp3) is 0.176. The lowest BCUT2D eigenvalue weighted by atomic mass is 10.1. The molecule has 0 aliphatic rings. The summed E-state index contributed by atoms with van der Waals surface area (Å²) >= 11 is 5.92. The van der Waals surface area contributed by atoms with Crippen molar-refractivity contribution < 1.29 is 4.79 Å². The van der Waals surface area contributed by atoms with Crippen LogP contribution in [0.3, 0.4) is 0 Å². The van der Waals surface area contributed by atoms with Crippen molar-refractivity contribution in [2.45, 2.75) is 19.8 Å². The Morgan fingerprint density at radius 2 is 1.95 bits per heavy atom. The highest BCUT2D eigenvalue weighted by atomic mass is 35.5. The molecule has 4 heteroatoms. The van der Waals surface area contributed by atoms with Gasteiger partial charge in [-0.15, -0.1) is 0 Å². The summed E-state index contributed by atoms with van der Waals surface area (Å²) in [4.78, 5) is 12.0. The quantitative estimate of drug-likeness (QED) is 0.924. The molecule has 3 nitrogen and oxygen atoms in total. The van der Waals surface area contributed by atoms with Gasteiger partial charge in [-0.1, -0.05) is 29.8 Å². The van der Waals surface area contributed by atoms with E-state index in [-0.39, 0.29) is 5.91 Å². The topological polar surface area (TPSA) is 52.9 Å². The molecule has 1 N–H and O–H groups in total. The fourth-order valence-electron chi connectivity index (χ4n) is 1.95. The number of benzene rings is 2. The third-order valence-electron chi connectivity index (χ3n) is 3.20. The highest BCUT2D eigenvalue weighted by Gasteiger charge is 2.06. The van der Waals surface area contributed by atoms with Gasteiger partial charge in [-0.05, 0) is 48.7 Å². The van der Waals surface area contributed by atoms with Crippen molar-refractivity contribution in [2.75, 3.05) is 5.32 Å². The van der Waals surface area contributed by atoms with Gasteiger partial charge >= 0.3 is 0 Å². The Bertz CT molecular complexity index is 687. The largest absolute Gasteiger partial charge is 0.326 e. The lowest BCUT2D eigenvalue weighted by Gasteiger charge is -2.09. The van der Waals surface area contributed by atoms with Crippen LogP contribution in [0.4, 0.5) is 5.69 Å². The van der Waals surface area contributed by atoms with Crippen LogP contribution in [0.25, 0.3) is 0 Å². The number of anilines is 1. The van der Waals surface area contributed by atoms with E-state index in [0.29, 0.717) is 23.4 Å². The molecule has 0 radical (unpaired) electrons. The molecule has 21 heavy (non-hydrogen) atoms. The molecule has 0 spiro atoms. The fourth-order valence-corrected chi connectivity index (χ4v) is 2.12. The van der Waals surface area contributed by atoms with Gasteiger partial charge in [-0.25, -0.2) is 0 Å². The molecule has 0 saturated heterocycles. The molecule has 2 aromatic carbocycles. The average Bonchev–Trinajstić information content (AvgIpc) is 2.49. The average molecular weight is 299 g/mol. The van der Waals surface area contributed by atoms with Gasteiger partial charge in [-0.2, -0.15) is 5.26 Å². The van der Waals surface area contributed by atoms with Gasteiger partial charge in [0.2, 0.25) is 5.91 Å². The number of aryl methyl sites for hydroxylation is 2. The van der Waals surface area contributed by atoms with E-state index in [1.54, 1.807) is 24.3 Å². The third-order valence-corrected chi connectivity index (χ3v) is 3.43. The Kier molecular flexibility index (Phi) is 4.97. The van der Waals surface area contributed by atoms with Crippen molar-refractivity contribution in [2.24, 2.45) is 0 Å². The number of rotatable bonds is 4. The SMILES string of the molecule is Cc1ccc(Cl)cc1NC(=O)CCc1ccc(C#N)cc1. The molecule has 0 aromatic heterocycles. The van der Waals surface area contributed by atoms with Crippen molar-refractivity contribution in [3.05, 3.63) is 64.2 Å². The molecule has 0 saturated carbocycles. The van der Waals surface area contributed by atoms with Crippen LogP contribution in [-0.2, 0) is 11.2 Å². The number of hydrogen-bond donors (Lipinski definition) is 1. The molecule has 0 atom stereocenters. The van der Waals surface area contributed by atoms with E-state index in [0.717, 1.165) is 16.8 Å². The molecular weight excluding hydrogens is 284 g/mol. The minimum Gasteiger partial charge on any atom is -0.326 e. The summed E-state index contributed by atoms with van der Waals surface area (Å²) in [5.41, 5.74) is 3.38. The summed E-state index contributed by atoms with van der Waals surface area (Å²) < 4.78 is 0. The molecule has 106 valence electrons. The van der Waals surface area contributed by atoms with Crippen LogP contribution in [0, 0.1) is 18.3 Å². The van der Waals surface area contributed by atoms with E-state index in [1.807, 2.05) is 25.1 Å². The standard InChI is InChI=1S/C17H15ClN2O/c1-12-2-8-15(18)10-16(12)20-17(21)9-7-13-3-5-14(11-19)6-4-13/h2-6,8,10H,7,9H2,1H3,(H,20,21). The highest BCUT2D eigenvalue weighted by molar-refractivity contribution is 6.31. The second kappa shape index (κ2) is 6.92. The summed E-state index contributed by atoms with van der Waals surface area (Å²) in [6.45, 7) is 1.92. The zero-order valence-electron chi connectivity index (χ0n) is 11.7. The lowest BCUT2D eigenvalue weighted by Crippen LogP contribution is -2.13. The van der Waals surface area contributed by atoms with Crippen LogP contribution in [0.2, 0.25) is 5.02 Å². The van der Waals surface area contributed by atoms with Crippen molar-refractivity contribution in [3.8, 4) is 6.07 Å². The summed E-state index contributed by atoms with van der Waals surface area (Å²) in [5.74, 6) is -0.0512. The summed E-state index contributed by atoms with van der Waals surface area (Å²) in [7, 11) is 0. The zero-order chi connectivity index (χ0) is 15.2. The van der Waals surface area contributed by atoms with Crippen LogP contribution in [0.1, 0.15) is 23.1 Å².